The Morgan fingerprint density at radius 1 is 1.04 bits per heavy atom. The summed E-state index contributed by atoms with van der Waals surface area (Å²) in [5.74, 6) is 0.106. The number of furan rings is 1. The number of hydrogen-bond donors (Lipinski definition) is 1. The summed E-state index contributed by atoms with van der Waals surface area (Å²) in [5.41, 5.74) is 2.74. The van der Waals surface area contributed by atoms with E-state index < -0.39 is 0 Å². The highest BCUT2D eigenvalue weighted by molar-refractivity contribution is 5.94. The van der Waals surface area contributed by atoms with Crippen LogP contribution >= 0.6 is 0 Å². The summed E-state index contributed by atoms with van der Waals surface area (Å²) in [5, 5.41) is 2.75. The predicted octanol–water partition coefficient (Wildman–Crippen LogP) is 4.53. The Hall–Kier alpha value is -3.21. The topological polar surface area (TPSA) is 59.3 Å². The van der Waals surface area contributed by atoms with Crippen LogP contribution in [0.25, 0.3) is 11.3 Å². The highest BCUT2D eigenvalue weighted by atomic mass is 19.1. The predicted molar refractivity (Wildman–Crippen MR) is 96.5 cm³/mol. The average Bonchev–Trinajstić information content (AvgIpc) is 3.13. The van der Waals surface area contributed by atoms with Crippen LogP contribution in [0, 0.1) is 12.7 Å². The summed E-state index contributed by atoms with van der Waals surface area (Å²) in [4.78, 5) is 23.6. The van der Waals surface area contributed by atoms with E-state index in [0.717, 1.165) is 11.1 Å². The van der Waals surface area contributed by atoms with E-state index >= 15 is 0 Å². The Morgan fingerprint density at radius 3 is 2.42 bits per heavy atom. The molecule has 2 aromatic carbocycles. The average molecular weight is 351 g/mol. The molecular weight excluding hydrogens is 333 g/mol. The Labute approximate surface area is 150 Å². The third-order valence-corrected chi connectivity index (χ3v) is 4.08. The SMILES string of the molecule is CC(=O)c1ccc(-c2ccc(C(=O)NCc3ccc(F)c(C)c3)o2)cc1. The van der Waals surface area contributed by atoms with Crippen LogP contribution in [0.2, 0.25) is 0 Å². The number of carbonyl (C=O) groups excluding carboxylic acids is 2. The Kier molecular flexibility index (Phi) is 4.98. The van der Waals surface area contributed by atoms with Gasteiger partial charge in [-0.05, 0) is 43.2 Å². The molecule has 0 radical (unpaired) electrons. The minimum Gasteiger partial charge on any atom is -0.451 e. The second kappa shape index (κ2) is 7.35. The standard InChI is InChI=1S/C21H18FNO3/c1-13-11-15(3-8-18(13)22)12-23-21(25)20-10-9-19(26-20)17-6-4-16(5-7-17)14(2)24/h3-11H,12H2,1-2H3,(H,23,25). The Morgan fingerprint density at radius 2 is 1.77 bits per heavy atom. The monoisotopic (exact) mass is 351 g/mol. The van der Waals surface area contributed by atoms with Crippen LogP contribution in [0.15, 0.2) is 59.0 Å². The molecule has 3 aromatic rings. The smallest absolute Gasteiger partial charge is 0.287 e. The van der Waals surface area contributed by atoms with Crippen molar-refractivity contribution >= 4 is 11.7 Å². The highest BCUT2D eigenvalue weighted by Crippen LogP contribution is 2.23. The molecule has 1 N–H and O–H groups in total. The van der Waals surface area contributed by atoms with Crippen LogP contribution in [0.1, 0.15) is 39.0 Å². The zero-order valence-electron chi connectivity index (χ0n) is 14.5. The van der Waals surface area contributed by atoms with Gasteiger partial charge in [0.15, 0.2) is 11.5 Å². The molecule has 0 saturated carbocycles. The number of amides is 1. The first-order valence-corrected chi connectivity index (χ1v) is 8.18. The molecule has 0 bridgehead atoms. The minimum absolute atomic E-state index is 0.00732. The molecule has 0 aliphatic rings. The number of rotatable bonds is 5. The van der Waals surface area contributed by atoms with Crippen molar-refractivity contribution in [1.29, 1.82) is 0 Å². The van der Waals surface area contributed by atoms with Gasteiger partial charge in [-0.15, -0.1) is 0 Å². The number of aryl methyl sites for hydroxylation is 1. The van der Waals surface area contributed by atoms with Gasteiger partial charge in [-0.1, -0.05) is 36.4 Å². The van der Waals surface area contributed by atoms with Crippen LogP contribution in [-0.2, 0) is 6.54 Å². The van der Waals surface area contributed by atoms with Gasteiger partial charge in [0.25, 0.3) is 5.91 Å². The second-order valence-corrected chi connectivity index (χ2v) is 6.06. The first kappa shape index (κ1) is 17.6. The molecule has 4 nitrogen and oxygen atoms in total. The maximum Gasteiger partial charge on any atom is 0.287 e. The molecule has 1 heterocycles. The lowest BCUT2D eigenvalue weighted by atomic mass is 10.1. The van der Waals surface area contributed by atoms with Crippen molar-refractivity contribution < 1.29 is 18.4 Å². The van der Waals surface area contributed by atoms with Crippen molar-refractivity contribution in [2.45, 2.75) is 20.4 Å². The second-order valence-electron chi connectivity index (χ2n) is 6.06. The molecule has 0 atom stereocenters. The summed E-state index contributed by atoms with van der Waals surface area (Å²) >= 11 is 0. The van der Waals surface area contributed by atoms with Gasteiger partial charge >= 0.3 is 0 Å². The van der Waals surface area contributed by atoms with E-state index in [9.17, 15) is 14.0 Å². The van der Waals surface area contributed by atoms with Crippen molar-refractivity contribution in [3.63, 3.8) is 0 Å². The number of Topliss-reactive ketones (excluding diaryl/α,β-unsaturated/α-hetero) is 1. The highest BCUT2D eigenvalue weighted by Gasteiger charge is 2.12. The lowest BCUT2D eigenvalue weighted by molar-refractivity contribution is 0.0923. The molecule has 5 heteroatoms. The van der Waals surface area contributed by atoms with Crippen molar-refractivity contribution in [1.82, 2.24) is 5.32 Å². The fourth-order valence-corrected chi connectivity index (χ4v) is 2.57. The fraction of sp³-hybridized carbons (Fsp3) is 0.143. The van der Waals surface area contributed by atoms with E-state index in [4.69, 9.17) is 4.42 Å². The molecule has 0 saturated heterocycles. The number of benzene rings is 2. The van der Waals surface area contributed by atoms with E-state index in [2.05, 4.69) is 5.32 Å². The fourth-order valence-electron chi connectivity index (χ4n) is 2.57. The van der Waals surface area contributed by atoms with Gasteiger partial charge in [-0.25, -0.2) is 4.39 Å². The van der Waals surface area contributed by atoms with Crippen molar-refractivity contribution in [2.24, 2.45) is 0 Å². The largest absolute Gasteiger partial charge is 0.451 e. The van der Waals surface area contributed by atoms with Gasteiger partial charge < -0.3 is 9.73 Å². The van der Waals surface area contributed by atoms with Gasteiger partial charge in [0.05, 0.1) is 0 Å². The zero-order valence-corrected chi connectivity index (χ0v) is 14.5. The van der Waals surface area contributed by atoms with Gasteiger partial charge in [-0.2, -0.15) is 0 Å². The van der Waals surface area contributed by atoms with Crippen molar-refractivity contribution in [3.05, 3.63) is 82.9 Å². The molecule has 0 fully saturated rings. The summed E-state index contributed by atoms with van der Waals surface area (Å²) in [6.45, 7) is 3.47. The summed E-state index contributed by atoms with van der Waals surface area (Å²) < 4.78 is 18.9. The first-order chi connectivity index (χ1) is 12.4. The van der Waals surface area contributed by atoms with Crippen LogP contribution in [0.3, 0.4) is 0 Å². The summed E-state index contributed by atoms with van der Waals surface area (Å²) in [6, 6.07) is 15.0. The first-order valence-electron chi connectivity index (χ1n) is 8.18. The third kappa shape index (κ3) is 3.88. The summed E-state index contributed by atoms with van der Waals surface area (Å²) in [7, 11) is 0. The maximum absolute atomic E-state index is 13.3. The number of ketones is 1. The van der Waals surface area contributed by atoms with E-state index in [1.54, 1.807) is 55.5 Å². The third-order valence-electron chi connectivity index (χ3n) is 4.08. The van der Waals surface area contributed by atoms with Crippen LogP contribution in [0.4, 0.5) is 4.39 Å². The molecule has 0 spiro atoms. The minimum atomic E-state index is -0.349. The molecule has 132 valence electrons. The zero-order chi connectivity index (χ0) is 18.7. The Bertz CT molecular complexity index is 958. The summed E-state index contributed by atoms with van der Waals surface area (Å²) in [6.07, 6.45) is 0. The van der Waals surface area contributed by atoms with Crippen LogP contribution < -0.4 is 5.32 Å². The molecule has 0 aliphatic carbocycles. The molecular formula is C21H18FNO3. The molecule has 26 heavy (non-hydrogen) atoms. The van der Waals surface area contributed by atoms with E-state index in [-0.39, 0.29) is 29.8 Å². The molecule has 0 aliphatic heterocycles. The van der Waals surface area contributed by atoms with E-state index in [0.29, 0.717) is 16.9 Å². The van der Waals surface area contributed by atoms with Crippen LogP contribution in [0.5, 0.6) is 0 Å². The number of nitrogens with one attached hydrogen (secondary N) is 1. The number of carbonyl (C=O) groups is 2. The molecule has 3 rings (SSSR count). The van der Waals surface area contributed by atoms with E-state index in [1.807, 2.05) is 0 Å². The normalized spacial score (nSPS) is 10.6. The van der Waals surface area contributed by atoms with Gasteiger partial charge in [0, 0.05) is 17.7 Å². The maximum atomic E-state index is 13.3. The van der Waals surface area contributed by atoms with E-state index in [1.165, 1.54) is 13.0 Å². The lowest BCUT2D eigenvalue weighted by Crippen LogP contribution is -2.22. The van der Waals surface area contributed by atoms with Crippen molar-refractivity contribution in [2.75, 3.05) is 0 Å². The molecule has 1 amide bonds. The van der Waals surface area contributed by atoms with Gasteiger partial charge in [-0.3, -0.25) is 9.59 Å². The van der Waals surface area contributed by atoms with Gasteiger partial charge in [0.2, 0.25) is 0 Å². The molecule has 1 aromatic heterocycles. The Balaban J connectivity index is 1.67. The van der Waals surface area contributed by atoms with Gasteiger partial charge in [0.1, 0.15) is 11.6 Å². The number of hydrogen-bond acceptors (Lipinski definition) is 3. The lowest BCUT2D eigenvalue weighted by Gasteiger charge is -2.05. The van der Waals surface area contributed by atoms with Crippen LogP contribution in [-0.4, -0.2) is 11.7 Å². The number of halogens is 1. The van der Waals surface area contributed by atoms with Crippen molar-refractivity contribution in [3.8, 4) is 11.3 Å². The quantitative estimate of drug-likeness (QED) is 0.687. The molecule has 0 unspecified atom stereocenters.